The van der Waals surface area contributed by atoms with Gasteiger partial charge in [-0.15, -0.1) is 0 Å². The smallest absolute Gasteiger partial charge is 0.194 e. The van der Waals surface area contributed by atoms with Crippen LogP contribution in [0, 0.1) is 35.1 Å². The Hall–Kier alpha value is -4.00. The fourth-order valence-corrected chi connectivity index (χ4v) is 3.34. The quantitative estimate of drug-likeness (QED) is 0.253. The summed E-state index contributed by atoms with van der Waals surface area (Å²) in [7, 11) is 1.48. The number of ether oxygens (including phenoxy) is 1. The van der Waals surface area contributed by atoms with E-state index in [1.807, 2.05) is 0 Å². The van der Waals surface area contributed by atoms with E-state index in [1.165, 1.54) is 31.6 Å². The molecule has 9 heteroatoms. The highest BCUT2D eigenvalue weighted by Crippen LogP contribution is 2.40. The molecule has 1 unspecified atom stereocenters. The lowest BCUT2D eigenvalue weighted by Gasteiger charge is -2.13. The molecular formula is C25H16F4N2O3. The van der Waals surface area contributed by atoms with Gasteiger partial charge in [-0.25, -0.2) is 17.6 Å². The van der Waals surface area contributed by atoms with E-state index < -0.39 is 29.4 Å². The van der Waals surface area contributed by atoms with E-state index >= 15 is 4.39 Å². The average molecular weight is 468 g/mol. The minimum Gasteiger partial charge on any atom is -0.383 e. The molecule has 0 aliphatic carbocycles. The van der Waals surface area contributed by atoms with E-state index in [0.717, 1.165) is 6.07 Å². The summed E-state index contributed by atoms with van der Waals surface area (Å²) in [5.74, 6) is -0.0223. The first-order valence-corrected chi connectivity index (χ1v) is 9.91. The Morgan fingerprint density at radius 3 is 2.47 bits per heavy atom. The molecule has 0 saturated carbocycles. The predicted octanol–water partition coefficient (Wildman–Crippen LogP) is 5.04. The van der Waals surface area contributed by atoms with Crippen molar-refractivity contribution >= 4 is 0 Å². The zero-order valence-corrected chi connectivity index (χ0v) is 17.7. The Morgan fingerprint density at radius 1 is 1.06 bits per heavy atom. The first kappa shape index (κ1) is 23.2. The average Bonchev–Trinajstić information content (AvgIpc) is 3.27. The van der Waals surface area contributed by atoms with E-state index in [0.29, 0.717) is 23.3 Å². The van der Waals surface area contributed by atoms with E-state index in [-0.39, 0.29) is 34.8 Å². The van der Waals surface area contributed by atoms with Crippen LogP contribution in [0.15, 0.2) is 59.4 Å². The third-order valence-corrected chi connectivity index (χ3v) is 4.92. The minimum atomic E-state index is -1.65. The van der Waals surface area contributed by atoms with Crippen molar-refractivity contribution in [3.8, 4) is 34.4 Å². The van der Waals surface area contributed by atoms with Crippen LogP contribution in [-0.4, -0.2) is 29.0 Å². The molecule has 0 radical (unpaired) electrons. The minimum absolute atomic E-state index is 0.0722. The van der Waals surface area contributed by atoms with Crippen molar-refractivity contribution in [3.63, 3.8) is 0 Å². The molecule has 4 rings (SSSR count). The van der Waals surface area contributed by atoms with Crippen molar-refractivity contribution in [1.29, 1.82) is 0 Å². The van der Waals surface area contributed by atoms with Gasteiger partial charge in [0.1, 0.15) is 24.2 Å². The molecule has 0 fully saturated rings. The summed E-state index contributed by atoms with van der Waals surface area (Å²) in [6.07, 6.45) is 1.39. The summed E-state index contributed by atoms with van der Waals surface area (Å²) in [6, 6.07) is 8.61. The second-order valence-corrected chi connectivity index (χ2v) is 7.15. The Balaban J connectivity index is 1.89. The second-order valence-electron chi connectivity index (χ2n) is 7.15. The van der Waals surface area contributed by atoms with Gasteiger partial charge >= 0.3 is 0 Å². The molecule has 0 aliphatic rings. The molecule has 0 saturated heterocycles. The zero-order valence-electron chi connectivity index (χ0n) is 17.7. The Bertz CT molecular complexity index is 1370. The molecule has 1 N–H and O–H groups in total. The molecule has 34 heavy (non-hydrogen) atoms. The summed E-state index contributed by atoms with van der Waals surface area (Å²) in [6.45, 7) is 0.168. The standard InChI is InChI=1S/C25H16F4N2O3/c1-33-9-3-4-14-6-7-17(18(26)10-14)25-21(24(32)15-5-2-8-30-13-15)23(31-34-25)16-11-19(27)22(29)20(28)12-16/h2,5-8,10-13,24,32H,9H2,1H3. The monoisotopic (exact) mass is 468 g/mol. The molecule has 2 aromatic carbocycles. The maximum absolute atomic E-state index is 15.0. The van der Waals surface area contributed by atoms with Crippen molar-refractivity contribution in [3.05, 3.63) is 94.8 Å². The third-order valence-electron chi connectivity index (χ3n) is 4.92. The van der Waals surface area contributed by atoms with E-state index in [1.54, 1.807) is 12.1 Å². The Kier molecular flexibility index (Phi) is 6.72. The number of aromatic nitrogens is 2. The first-order valence-electron chi connectivity index (χ1n) is 9.91. The molecular weight excluding hydrogens is 452 g/mol. The van der Waals surface area contributed by atoms with Crippen LogP contribution in [0.2, 0.25) is 0 Å². The molecule has 1 atom stereocenters. The summed E-state index contributed by atoms with van der Waals surface area (Å²) < 4.78 is 66.6. The molecule has 2 aromatic heterocycles. The maximum Gasteiger partial charge on any atom is 0.194 e. The van der Waals surface area contributed by atoms with Crippen LogP contribution in [0.4, 0.5) is 17.6 Å². The normalized spacial score (nSPS) is 11.7. The fraction of sp³-hybridized carbons (Fsp3) is 0.120. The lowest BCUT2D eigenvalue weighted by atomic mass is 9.94. The lowest BCUT2D eigenvalue weighted by Crippen LogP contribution is -2.04. The van der Waals surface area contributed by atoms with Crippen molar-refractivity contribution in [1.82, 2.24) is 10.1 Å². The van der Waals surface area contributed by atoms with Gasteiger partial charge in [0.25, 0.3) is 0 Å². The molecule has 0 bridgehead atoms. The molecule has 4 aromatic rings. The van der Waals surface area contributed by atoms with E-state index in [9.17, 15) is 18.3 Å². The van der Waals surface area contributed by atoms with E-state index in [4.69, 9.17) is 9.26 Å². The number of pyridine rings is 1. The van der Waals surface area contributed by atoms with Crippen LogP contribution in [0.1, 0.15) is 22.8 Å². The number of hydrogen-bond acceptors (Lipinski definition) is 5. The molecule has 172 valence electrons. The number of benzene rings is 2. The number of rotatable bonds is 5. The summed E-state index contributed by atoms with van der Waals surface area (Å²) in [5, 5.41) is 14.9. The van der Waals surface area contributed by atoms with Crippen molar-refractivity contribution in [2.75, 3.05) is 13.7 Å². The van der Waals surface area contributed by atoms with Gasteiger partial charge in [0.2, 0.25) is 0 Å². The SMILES string of the molecule is COCC#Cc1ccc(-c2onc(-c3cc(F)c(F)c(F)c3)c2C(O)c2cccnc2)c(F)c1. The Morgan fingerprint density at radius 2 is 1.82 bits per heavy atom. The summed E-state index contributed by atoms with van der Waals surface area (Å²) in [4.78, 5) is 3.94. The van der Waals surface area contributed by atoms with Gasteiger partial charge in [0.05, 0.1) is 11.1 Å². The highest BCUT2D eigenvalue weighted by Gasteiger charge is 2.29. The van der Waals surface area contributed by atoms with Crippen molar-refractivity contribution in [2.24, 2.45) is 0 Å². The summed E-state index contributed by atoms with van der Waals surface area (Å²) in [5.41, 5.74) is 0.126. The van der Waals surface area contributed by atoms with Gasteiger partial charge in [-0.2, -0.15) is 0 Å². The third kappa shape index (κ3) is 4.55. The van der Waals surface area contributed by atoms with Gasteiger partial charge in [0, 0.05) is 36.2 Å². The van der Waals surface area contributed by atoms with E-state index in [2.05, 4.69) is 22.0 Å². The highest BCUT2D eigenvalue weighted by molar-refractivity contribution is 5.74. The van der Waals surface area contributed by atoms with Crippen molar-refractivity contribution < 1.29 is 31.9 Å². The van der Waals surface area contributed by atoms with Gasteiger partial charge in [-0.3, -0.25) is 4.98 Å². The zero-order chi connectivity index (χ0) is 24.2. The number of nitrogens with zero attached hydrogens (tertiary/aromatic N) is 2. The number of halogens is 4. The van der Waals surface area contributed by atoms with Crippen LogP contribution >= 0.6 is 0 Å². The predicted molar refractivity (Wildman–Crippen MR) is 114 cm³/mol. The molecule has 5 nitrogen and oxygen atoms in total. The highest BCUT2D eigenvalue weighted by atomic mass is 19.2. The van der Waals surface area contributed by atoms with Crippen LogP contribution in [-0.2, 0) is 4.74 Å². The van der Waals surface area contributed by atoms with Gasteiger partial charge < -0.3 is 14.4 Å². The van der Waals surface area contributed by atoms with Gasteiger partial charge in [0.15, 0.2) is 23.2 Å². The largest absolute Gasteiger partial charge is 0.383 e. The number of hydrogen-bond donors (Lipinski definition) is 1. The van der Waals surface area contributed by atoms with Crippen LogP contribution in [0.5, 0.6) is 0 Å². The first-order chi connectivity index (χ1) is 16.4. The molecule has 0 amide bonds. The second kappa shape index (κ2) is 9.87. The maximum atomic E-state index is 15.0. The number of aliphatic hydroxyl groups excluding tert-OH is 1. The van der Waals surface area contributed by atoms with Crippen molar-refractivity contribution in [2.45, 2.75) is 6.10 Å². The molecule has 0 spiro atoms. The summed E-state index contributed by atoms with van der Waals surface area (Å²) >= 11 is 0. The number of aliphatic hydroxyl groups is 1. The van der Waals surface area contributed by atoms with Gasteiger partial charge in [-0.05, 0) is 36.4 Å². The topological polar surface area (TPSA) is 68.4 Å². The Labute approximate surface area is 191 Å². The lowest BCUT2D eigenvalue weighted by molar-refractivity contribution is 0.220. The van der Waals surface area contributed by atoms with Gasteiger partial charge in [-0.1, -0.05) is 23.1 Å². The molecule has 0 aliphatic heterocycles. The van der Waals surface area contributed by atoms with Crippen LogP contribution in [0.25, 0.3) is 22.6 Å². The molecule has 2 heterocycles. The fourth-order valence-electron chi connectivity index (χ4n) is 3.34. The number of methoxy groups -OCH3 is 1. The van der Waals surface area contributed by atoms with Crippen LogP contribution in [0.3, 0.4) is 0 Å². The van der Waals surface area contributed by atoms with Crippen LogP contribution < -0.4 is 0 Å².